The number of ether oxygens (including phenoxy) is 1. The fourth-order valence-electron chi connectivity index (χ4n) is 3.43. The molecule has 0 aromatic heterocycles. The molecule has 0 aliphatic heterocycles. The maximum Gasteiger partial charge on any atom is 0.124 e. The first-order chi connectivity index (χ1) is 9.17. The average Bonchev–Trinajstić information content (AvgIpc) is 2.42. The molecule has 0 spiro atoms. The number of hydrazine groups is 1. The van der Waals surface area contributed by atoms with E-state index in [1.807, 2.05) is 0 Å². The van der Waals surface area contributed by atoms with Crippen molar-refractivity contribution >= 4 is 0 Å². The van der Waals surface area contributed by atoms with Crippen LogP contribution in [0.25, 0.3) is 0 Å². The number of aryl methyl sites for hydroxylation is 2. The van der Waals surface area contributed by atoms with Gasteiger partial charge in [-0.3, -0.25) is 11.3 Å². The number of hydrogen-bond acceptors (Lipinski definition) is 3. The first-order valence-corrected chi connectivity index (χ1v) is 7.28. The normalized spacial score (nSPS) is 18.3. The molecule has 106 valence electrons. The highest BCUT2D eigenvalue weighted by atomic mass is 16.5. The van der Waals surface area contributed by atoms with Crippen molar-refractivity contribution in [1.82, 2.24) is 5.43 Å². The summed E-state index contributed by atoms with van der Waals surface area (Å²) in [6.07, 6.45) is 6.50. The van der Waals surface area contributed by atoms with Crippen LogP contribution in [0.1, 0.15) is 54.8 Å². The fourth-order valence-corrected chi connectivity index (χ4v) is 3.43. The maximum atomic E-state index is 5.86. The van der Waals surface area contributed by atoms with Crippen LogP contribution in [0.5, 0.6) is 5.75 Å². The Morgan fingerprint density at radius 2 is 1.89 bits per heavy atom. The van der Waals surface area contributed by atoms with E-state index in [0.29, 0.717) is 5.92 Å². The molecule has 0 saturated heterocycles. The van der Waals surface area contributed by atoms with Gasteiger partial charge in [-0.05, 0) is 49.8 Å². The van der Waals surface area contributed by atoms with E-state index in [1.54, 1.807) is 7.11 Å². The molecule has 1 aliphatic rings. The Bertz CT molecular complexity index is 425. The van der Waals surface area contributed by atoms with Crippen molar-refractivity contribution < 1.29 is 4.74 Å². The Balaban J connectivity index is 2.36. The van der Waals surface area contributed by atoms with E-state index in [4.69, 9.17) is 10.6 Å². The van der Waals surface area contributed by atoms with E-state index in [9.17, 15) is 0 Å². The Morgan fingerprint density at radius 3 is 2.47 bits per heavy atom. The van der Waals surface area contributed by atoms with Crippen molar-refractivity contribution in [2.45, 2.75) is 52.0 Å². The lowest BCUT2D eigenvalue weighted by molar-refractivity contribution is 0.266. The van der Waals surface area contributed by atoms with Crippen molar-refractivity contribution in [2.24, 2.45) is 11.8 Å². The van der Waals surface area contributed by atoms with Crippen LogP contribution in [-0.4, -0.2) is 7.11 Å². The minimum atomic E-state index is 0.204. The van der Waals surface area contributed by atoms with Crippen LogP contribution in [-0.2, 0) is 0 Å². The summed E-state index contributed by atoms with van der Waals surface area (Å²) < 4.78 is 5.59. The summed E-state index contributed by atoms with van der Waals surface area (Å²) >= 11 is 0. The van der Waals surface area contributed by atoms with Gasteiger partial charge in [0.2, 0.25) is 0 Å². The topological polar surface area (TPSA) is 47.3 Å². The van der Waals surface area contributed by atoms with Gasteiger partial charge in [0.1, 0.15) is 5.75 Å². The predicted octanol–water partition coefficient (Wildman–Crippen LogP) is 3.40. The second kappa shape index (κ2) is 6.40. The largest absolute Gasteiger partial charge is 0.496 e. The molecule has 0 heterocycles. The molecular weight excluding hydrogens is 236 g/mol. The second-order valence-electron chi connectivity index (χ2n) is 5.74. The van der Waals surface area contributed by atoms with Crippen LogP contribution in [0.2, 0.25) is 0 Å². The molecule has 2 rings (SSSR count). The Labute approximate surface area is 116 Å². The zero-order valence-corrected chi connectivity index (χ0v) is 12.3. The van der Waals surface area contributed by atoms with E-state index < -0.39 is 0 Å². The molecule has 3 heteroatoms. The van der Waals surface area contributed by atoms with Gasteiger partial charge in [-0.15, -0.1) is 0 Å². The molecule has 3 N–H and O–H groups in total. The number of hydrogen-bond donors (Lipinski definition) is 2. The van der Waals surface area contributed by atoms with Crippen molar-refractivity contribution in [3.63, 3.8) is 0 Å². The summed E-state index contributed by atoms with van der Waals surface area (Å²) in [4.78, 5) is 0. The summed E-state index contributed by atoms with van der Waals surface area (Å²) in [5.74, 6) is 7.44. The minimum absolute atomic E-state index is 0.204. The molecule has 1 aliphatic carbocycles. The van der Waals surface area contributed by atoms with Crippen LogP contribution >= 0.6 is 0 Å². The van der Waals surface area contributed by atoms with Crippen LogP contribution in [0, 0.1) is 19.8 Å². The highest BCUT2D eigenvalue weighted by Gasteiger charge is 2.27. The molecule has 1 atom stereocenters. The van der Waals surface area contributed by atoms with Gasteiger partial charge in [-0.25, -0.2) is 0 Å². The molecule has 3 nitrogen and oxygen atoms in total. The van der Waals surface area contributed by atoms with Crippen molar-refractivity contribution in [3.8, 4) is 5.75 Å². The molecule has 0 bridgehead atoms. The van der Waals surface area contributed by atoms with Gasteiger partial charge >= 0.3 is 0 Å². The lowest BCUT2D eigenvalue weighted by Gasteiger charge is -2.32. The maximum absolute atomic E-state index is 5.86. The first-order valence-electron chi connectivity index (χ1n) is 7.28. The van der Waals surface area contributed by atoms with Crippen LogP contribution in [0.15, 0.2) is 12.1 Å². The van der Waals surface area contributed by atoms with E-state index in [0.717, 1.165) is 5.75 Å². The van der Waals surface area contributed by atoms with Gasteiger partial charge in [-0.1, -0.05) is 25.3 Å². The third-order valence-electron chi connectivity index (χ3n) is 4.32. The molecule has 1 aromatic rings. The molecule has 19 heavy (non-hydrogen) atoms. The lowest BCUT2D eigenvalue weighted by atomic mass is 9.80. The fraction of sp³-hybridized carbons (Fsp3) is 0.625. The number of nitrogens with one attached hydrogen (secondary N) is 1. The summed E-state index contributed by atoms with van der Waals surface area (Å²) in [5, 5.41) is 0. The second-order valence-corrected chi connectivity index (χ2v) is 5.74. The summed E-state index contributed by atoms with van der Waals surface area (Å²) in [5.41, 5.74) is 6.78. The standard InChI is InChI=1S/C16H26N2O/c1-11-9-12(2)15(14(10-11)19-3)16(18-17)13-7-5-4-6-8-13/h9-10,13,16,18H,4-8,17H2,1-3H3. The first kappa shape index (κ1) is 14.4. The minimum Gasteiger partial charge on any atom is -0.496 e. The Morgan fingerprint density at radius 1 is 1.21 bits per heavy atom. The highest BCUT2D eigenvalue weighted by molar-refractivity contribution is 5.45. The third-order valence-corrected chi connectivity index (χ3v) is 4.32. The Hall–Kier alpha value is -1.06. The summed E-state index contributed by atoms with van der Waals surface area (Å²) in [6, 6.07) is 4.52. The molecule has 1 aromatic carbocycles. The molecule has 1 unspecified atom stereocenters. The van der Waals surface area contributed by atoms with Crippen molar-refractivity contribution in [2.75, 3.05) is 7.11 Å². The lowest BCUT2D eigenvalue weighted by Crippen LogP contribution is -2.35. The van der Waals surface area contributed by atoms with E-state index in [2.05, 4.69) is 31.4 Å². The van der Waals surface area contributed by atoms with Gasteiger partial charge in [0, 0.05) is 5.56 Å². The SMILES string of the molecule is COc1cc(C)cc(C)c1C(NN)C1CCCCC1. The highest BCUT2D eigenvalue weighted by Crippen LogP contribution is 2.39. The summed E-state index contributed by atoms with van der Waals surface area (Å²) in [7, 11) is 1.74. The average molecular weight is 262 g/mol. The van der Waals surface area contributed by atoms with Gasteiger partial charge in [0.25, 0.3) is 0 Å². The number of benzene rings is 1. The van der Waals surface area contributed by atoms with Crippen LogP contribution in [0.4, 0.5) is 0 Å². The van der Waals surface area contributed by atoms with Crippen molar-refractivity contribution in [1.29, 1.82) is 0 Å². The van der Waals surface area contributed by atoms with E-state index in [-0.39, 0.29) is 6.04 Å². The number of nitrogens with two attached hydrogens (primary N) is 1. The van der Waals surface area contributed by atoms with Gasteiger partial charge in [0.15, 0.2) is 0 Å². The molecule has 0 amide bonds. The molecule has 0 radical (unpaired) electrons. The quantitative estimate of drug-likeness (QED) is 0.646. The smallest absolute Gasteiger partial charge is 0.124 e. The molecular formula is C16H26N2O. The van der Waals surface area contributed by atoms with E-state index >= 15 is 0 Å². The zero-order chi connectivity index (χ0) is 13.8. The van der Waals surface area contributed by atoms with Gasteiger partial charge < -0.3 is 4.74 Å². The zero-order valence-electron chi connectivity index (χ0n) is 12.3. The van der Waals surface area contributed by atoms with Gasteiger partial charge in [-0.2, -0.15) is 0 Å². The van der Waals surface area contributed by atoms with Crippen LogP contribution in [0.3, 0.4) is 0 Å². The third kappa shape index (κ3) is 3.10. The van der Waals surface area contributed by atoms with Crippen LogP contribution < -0.4 is 16.0 Å². The number of rotatable bonds is 4. The van der Waals surface area contributed by atoms with Gasteiger partial charge in [0.05, 0.1) is 13.2 Å². The predicted molar refractivity (Wildman–Crippen MR) is 79.1 cm³/mol. The van der Waals surface area contributed by atoms with E-state index in [1.165, 1.54) is 48.8 Å². The molecule has 1 saturated carbocycles. The monoisotopic (exact) mass is 262 g/mol. The van der Waals surface area contributed by atoms with Crippen molar-refractivity contribution in [3.05, 3.63) is 28.8 Å². The summed E-state index contributed by atoms with van der Waals surface area (Å²) in [6.45, 7) is 4.25. The number of methoxy groups -OCH3 is 1. The Kier molecular flexibility index (Phi) is 4.83. The molecule has 1 fully saturated rings.